The number of aryl methyl sites for hydroxylation is 2. The third-order valence-electron chi connectivity index (χ3n) is 3.72. The van der Waals surface area contributed by atoms with Gasteiger partial charge in [-0.2, -0.15) is 0 Å². The largest absolute Gasteiger partial charge is 0.274 e. The topological polar surface area (TPSA) is 37.4 Å². The van der Waals surface area contributed by atoms with E-state index in [1.807, 2.05) is 44.2 Å². The van der Waals surface area contributed by atoms with Crippen LogP contribution in [0.15, 0.2) is 40.9 Å². The van der Waals surface area contributed by atoms with E-state index in [4.69, 9.17) is 0 Å². The molecule has 1 aliphatic heterocycles. The Kier molecular flexibility index (Phi) is 3.41. The molecule has 3 rings (SSSR count). The van der Waals surface area contributed by atoms with Gasteiger partial charge in [0.1, 0.15) is 0 Å². The number of nitrogens with zero attached hydrogens (tertiary/aromatic N) is 1. The maximum absolute atomic E-state index is 12.6. The van der Waals surface area contributed by atoms with Gasteiger partial charge in [0.05, 0.1) is 12.1 Å². The van der Waals surface area contributed by atoms with Crippen molar-refractivity contribution < 1.29 is 9.59 Å². The minimum atomic E-state index is -0.247. The van der Waals surface area contributed by atoms with Crippen molar-refractivity contribution in [1.82, 2.24) is 0 Å². The van der Waals surface area contributed by atoms with E-state index in [0.29, 0.717) is 11.3 Å². The summed E-state index contributed by atoms with van der Waals surface area (Å²) >= 11 is 3.50. The Morgan fingerprint density at radius 1 is 1.05 bits per heavy atom. The summed E-state index contributed by atoms with van der Waals surface area (Å²) < 4.78 is 1.00. The van der Waals surface area contributed by atoms with Crippen molar-refractivity contribution in [3.05, 3.63) is 63.1 Å². The lowest BCUT2D eigenvalue weighted by Crippen LogP contribution is -2.42. The van der Waals surface area contributed by atoms with Gasteiger partial charge in [0.25, 0.3) is 5.91 Å². The quantitative estimate of drug-likeness (QED) is 0.738. The van der Waals surface area contributed by atoms with E-state index in [2.05, 4.69) is 15.9 Å². The van der Waals surface area contributed by atoms with Crippen molar-refractivity contribution in [2.75, 3.05) is 4.90 Å². The molecule has 0 saturated carbocycles. The van der Waals surface area contributed by atoms with Gasteiger partial charge in [0.2, 0.25) is 5.91 Å². The van der Waals surface area contributed by atoms with Gasteiger partial charge in [0.15, 0.2) is 0 Å². The van der Waals surface area contributed by atoms with E-state index in [9.17, 15) is 9.59 Å². The van der Waals surface area contributed by atoms with Crippen LogP contribution in [-0.4, -0.2) is 11.8 Å². The molecule has 3 nitrogen and oxygen atoms in total. The molecule has 0 radical (unpaired) electrons. The average Bonchev–Trinajstić information content (AvgIpc) is 2.44. The second-order valence-corrected chi connectivity index (χ2v) is 6.05. The third kappa shape index (κ3) is 2.29. The summed E-state index contributed by atoms with van der Waals surface area (Å²) in [7, 11) is 0. The summed E-state index contributed by atoms with van der Waals surface area (Å²) in [6.07, 6.45) is 0.260. The Labute approximate surface area is 131 Å². The summed E-state index contributed by atoms with van der Waals surface area (Å²) in [5, 5.41) is 0. The Morgan fingerprint density at radius 3 is 2.33 bits per heavy atom. The zero-order chi connectivity index (χ0) is 15.1. The molecule has 21 heavy (non-hydrogen) atoms. The molecule has 1 aliphatic rings. The Bertz CT molecular complexity index is 744. The number of halogens is 1. The molecule has 0 N–H and O–H groups in total. The van der Waals surface area contributed by atoms with Gasteiger partial charge in [-0.1, -0.05) is 34.1 Å². The Balaban J connectivity index is 2.12. The highest BCUT2D eigenvalue weighted by Crippen LogP contribution is 2.30. The maximum atomic E-state index is 12.6. The van der Waals surface area contributed by atoms with Crippen LogP contribution in [0.3, 0.4) is 0 Å². The van der Waals surface area contributed by atoms with Crippen LogP contribution in [0, 0.1) is 13.8 Å². The number of amides is 2. The molecule has 0 spiro atoms. The molecule has 4 heteroatoms. The fourth-order valence-electron chi connectivity index (χ4n) is 2.67. The molecule has 1 heterocycles. The van der Waals surface area contributed by atoms with E-state index in [0.717, 1.165) is 21.2 Å². The predicted molar refractivity (Wildman–Crippen MR) is 85.6 cm³/mol. The Hall–Kier alpha value is -1.94. The van der Waals surface area contributed by atoms with E-state index in [1.165, 1.54) is 4.90 Å². The number of imide groups is 1. The number of hydrogen-bond acceptors (Lipinski definition) is 2. The minimum Gasteiger partial charge on any atom is -0.274 e. The Morgan fingerprint density at radius 2 is 1.67 bits per heavy atom. The molecule has 2 amide bonds. The first-order chi connectivity index (χ1) is 9.99. The van der Waals surface area contributed by atoms with E-state index in [-0.39, 0.29) is 18.2 Å². The number of carbonyl (C=O) groups is 2. The van der Waals surface area contributed by atoms with Gasteiger partial charge in [-0.25, -0.2) is 4.90 Å². The normalized spacial score (nSPS) is 14.3. The van der Waals surface area contributed by atoms with Gasteiger partial charge < -0.3 is 0 Å². The van der Waals surface area contributed by atoms with Crippen LogP contribution >= 0.6 is 15.9 Å². The monoisotopic (exact) mass is 343 g/mol. The standard InChI is InChI=1S/C17H14BrNO2/c1-10-7-13(8-11(2)16(10)18)19-15(20)9-12-5-3-4-6-14(12)17(19)21/h3-8H,9H2,1-2H3. The van der Waals surface area contributed by atoms with Gasteiger partial charge in [-0.05, 0) is 48.7 Å². The zero-order valence-corrected chi connectivity index (χ0v) is 13.4. The summed E-state index contributed by atoms with van der Waals surface area (Å²) in [6, 6.07) is 11.0. The highest BCUT2D eigenvalue weighted by atomic mass is 79.9. The summed E-state index contributed by atoms with van der Waals surface area (Å²) in [5.41, 5.74) is 4.05. The third-order valence-corrected chi connectivity index (χ3v) is 4.97. The van der Waals surface area contributed by atoms with Crippen LogP contribution in [0.5, 0.6) is 0 Å². The molecule has 106 valence electrons. The minimum absolute atomic E-state index is 0.181. The lowest BCUT2D eigenvalue weighted by Gasteiger charge is -2.27. The fraction of sp³-hybridized carbons (Fsp3) is 0.176. The van der Waals surface area contributed by atoms with E-state index >= 15 is 0 Å². The number of fused-ring (bicyclic) bond motifs is 1. The lowest BCUT2D eigenvalue weighted by molar-refractivity contribution is -0.117. The first-order valence-electron chi connectivity index (χ1n) is 6.71. The number of rotatable bonds is 1. The van der Waals surface area contributed by atoms with Gasteiger partial charge in [0, 0.05) is 10.0 Å². The van der Waals surface area contributed by atoms with E-state index < -0.39 is 0 Å². The van der Waals surface area contributed by atoms with Crippen LogP contribution in [-0.2, 0) is 11.2 Å². The molecule has 2 aromatic carbocycles. The number of benzene rings is 2. The molecule has 0 saturated heterocycles. The lowest BCUT2D eigenvalue weighted by atomic mass is 9.97. The molecule has 2 aromatic rings. The number of anilines is 1. The average molecular weight is 344 g/mol. The first kappa shape index (κ1) is 14.0. The second kappa shape index (κ2) is 5.11. The molecule has 0 bridgehead atoms. The fourth-order valence-corrected chi connectivity index (χ4v) is 2.90. The molecule has 0 fully saturated rings. The SMILES string of the molecule is Cc1cc(N2C(=O)Cc3ccccc3C2=O)cc(C)c1Br. The van der Waals surface area contributed by atoms with Crippen LogP contribution < -0.4 is 4.90 Å². The van der Waals surface area contributed by atoms with Gasteiger partial charge >= 0.3 is 0 Å². The number of carbonyl (C=O) groups excluding carboxylic acids is 2. The van der Waals surface area contributed by atoms with Gasteiger partial charge in [-0.3, -0.25) is 9.59 Å². The first-order valence-corrected chi connectivity index (χ1v) is 7.50. The molecular formula is C17H14BrNO2. The molecule has 0 atom stereocenters. The smallest absolute Gasteiger partial charge is 0.265 e. The number of hydrogen-bond donors (Lipinski definition) is 0. The maximum Gasteiger partial charge on any atom is 0.265 e. The van der Waals surface area contributed by atoms with Crippen LogP contribution in [0.25, 0.3) is 0 Å². The predicted octanol–water partition coefficient (Wildman–Crippen LogP) is 3.80. The molecule has 0 aliphatic carbocycles. The molecule has 0 unspecified atom stereocenters. The van der Waals surface area contributed by atoms with Crippen LogP contribution in [0.4, 0.5) is 5.69 Å². The van der Waals surface area contributed by atoms with Gasteiger partial charge in [-0.15, -0.1) is 0 Å². The molecular weight excluding hydrogens is 330 g/mol. The summed E-state index contributed by atoms with van der Waals surface area (Å²) in [6.45, 7) is 3.90. The van der Waals surface area contributed by atoms with Crippen molar-refractivity contribution in [3.63, 3.8) is 0 Å². The van der Waals surface area contributed by atoms with Crippen molar-refractivity contribution >= 4 is 33.4 Å². The van der Waals surface area contributed by atoms with Crippen LogP contribution in [0.1, 0.15) is 27.0 Å². The summed E-state index contributed by atoms with van der Waals surface area (Å²) in [5.74, 6) is -0.428. The highest BCUT2D eigenvalue weighted by Gasteiger charge is 2.32. The van der Waals surface area contributed by atoms with E-state index in [1.54, 1.807) is 6.07 Å². The second-order valence-electron chi connectivity index (χ2n) is 5.26. The summed E-state index contributed by atoms with van der Waals surface area (Å²) in [4.78, 5) is 26.3. The van der Waals surface area contributed by atoms with Crippen LogP contribution in [0.2, 0.25) is 0 Å². The van der Waals surface area contributed by atoms with Crippen molar-refractivity contribution in [2.24, 2.45) is 0 Å². The molecule has 0 aromatic heterocycles. The van der Waals surface area contributed by atoms with Crippen molar-refractivity contribution in [3.8, 4) is 0 Å². The van der Waals surface area contributed by atoms with Crippen molar-refractivity contribution in [2.45, 2.75) is 20.3 Å². The zero-order valence-electron chi connectivity index (χ0n) is 11.8. The highest BCUT2D eigenvalue weighted by molar-refractivity contribution is 9.10. The van der Waals surface area contributed by atoms with Crippen molar-refractivity contribution in [1.29, 1.82) is 0 Å².